The third-order valence-corrected chi connectivity index (χ3v) is 4.70. The zero-order chi connectivity index (χ0) is 21.1. The lowest BCUT2D eigenvalue weighted by atomic mass is 9.88. The van der Waals surface area contributed by atoms with Gasteiger partial charge in [0.15, 0.2) is 11.5 Å². The van der Waals surface area contributed by atoms with Crippen molar-refractivity contribution in [2.75, 3.05) is 14.2 Å². The molecular formula is C21H25ClO6. The predicted octanol–water partition coefficient (Wildman–Crippen LogP) is 5.17. The van der Waals surface area contributed by atoms with Crippen molar-refractivity contribution in [1.29, 1.82) is 0 Å². The second kappa shape index (κ2) is 8.69. The van der Waals surface area contributed by atoms with Crippen LogP contribution in [0.4, 0.5) is 0 Å². The van der Waals surface area contributed by atoms with Crippen LogP contribution in [0.25, 0.3) is 10.8 Å². The average Bonchev–Trinajstić information content (AvgIpc) is 2.62. The molecule has 0 spiro atoms. The molecule has 0 N–H and O–H groups in total. The van der Waals surface area contributed by atoms with Crippen LogP contribution in [0.3, 0.4) is 0 Å². The van der Waals surface area contributed by atoms with Gasteiger partial charge >= 0.3 is 11.9 Å². The van der Waals surface area contributed by atoms with Crippen molar-refractivity contribution < 1.29 is 28.5 Å². The Balaban J connectivity index is 2.81. The molecule has 0 saturated heterocycles. The van der Waals surface area contributed by atoms with Gasteiger partial charge in [0.05, 0.1) is 30.0 Å². The Morgan fingerprint density at radius 2 is 1.61 bits per heavy atom. The van der Waals surface area contributed by atoms with Gasteiger partial charge in [-0.15, -0.1) is 0 Å². The minimum atomic E-state index is -0.688. The topological polar surface area (TPSA) is 71.1 Å². The molecule has 0 atom stereocenters. The summed E-state index contributed by atoms with van der Waals surface area (Å²) >= 11 is 6.39. The molecule has 7 heteroatoms. The molecule has 0 heterocycles. The highest BCUT2D eigenvalue weighted by molar-refractivity contribution is 6.36. The zero-order valence-electron chi connectivity index (χ0n) is 17.0. The molecule has 2 aromatic carbocycles. The standard InChI is InChI=1S/C21H25ClO6/c1-7-11-21(3,4)20(24)28-16-13-9-8-10-14(22)15(13)17(27-12(2)23)19(26-6)18(16)25-5/h8-10H,7,11H2,1-6H3. The summed E-state index contributed by atoms with van der Waals surface area (Å²) in [7, 11) is 2.82. The number of carbonyl (C=O) groups is 2. The summed E-state index contributed by atoms with van der Waals surface area (Å²) in [5.41, 5.74) is -0.688. The summed E-state index contributed by atoms with van der Waals surface area (Å²) in [6.45, 7) is 6.92. The number of rotatable bonds is 7. The number of halogens is 1. The molecule has 0 aliphatic carbocycles. The van der Waals surface area contributed by atoms with E-state index in [4.69, 9.17) is 30.5 Å². The summed E-state index contributed by atoms with van der Waals surface area (Å²) in [6, 6.07) is 5.07. The Kier molecular flexibility index (Phi) is 6.77. The fourth-order valence-electron chi connectivity index (χ4n) is 3.06. The maximum absolute atomic E-state index is 12.8. The van der Waals surface area contributed by atoms with Crippen LogP contribution in [-0.2, 0) is 9.59 Å². The van der Waals surface area contributed by atoms with Gasteiger partial charge in [-0.05, 0) is 26.3 Å². The predicted molar refractivity (Wildman–Crippen MR) is 108 cm³/mol. The first-order valence-corrected chi connectivity index (χ1v) is 9.32. The highest BCUT2D eigenvalue weighted by Gasteiger charge is 2.33. The van der Waals surface area contributed by atoms with Crippen LogP contribution < -0.4 is 18.9 Å². The summed E-state index contributed by atoms with van der Waals surface area (Å²) in [4.78, 5) is 24.5. The van der Waals surface area contributed by atoms with Crippen LogP contribution in [-0.4, -0.2) is 26.2 Å². The zero-order valence-corrected chi connectivity index (χ0v) is 17.7. The fourth-order valence-corrected chi connectivity index (χ4v) is 3.32. The van der Waals surface area contributed by atoms with Crippen LogP contribution >= 0.6 is 11.6 Å². The minimum absolute atomic E-state index is 0.111. The molecule has 152 valence electrons. The molecule has 0 aromatic heterocycles. The normalized spacial score (nSPS) is 11.2. The van der Waals surface area contributed by atoms with Crippen molar-refractivity contribution in [2.24, 2.45) is 5.41 Å². The van der Waals surface area contributed by atoms with E-state index in [1.165, 1.54) is 21.1 Å². The van der Waals surface area contributed by atoms with Gasteiger partial charge in [-0.1, -0.05) is 37.1 Å². The maximum atomic E-state index is 12.8. The molecule has 0 unspecified atom stereocenters. The van der Waals surface area contributed by atoms with Gasteiger partial charge in [0.25, 0.3) is 0 Å². The van der Waals surface area contributed by atoms with E-state index in [0.717, 1.165) is 6.42 Å². The minimum Gasteiger partial charge on any atom is -0.490 e. The molecule has 0 bridgehead atoms. The molecule has 0 aliphatic rings. The van der Waals surface area contributed by atoms with Gasteiger partial charge in [-0.25, -0.2) is 0 Å². The lowest BCUT2D eigenvalue weighted by molar-refractivity contribution is -0.144. The third kappa shape index (κ3) is 4.17. The quantitative estimate of drug-likeness (QED) is 0.465. The van der Waals surface area contributed by atoms with Gasteiger partial charge in [-0.2, -0.15) is 0 Å². The summed E-state index contributed by atoms with van der Waals surface area (Å²) in [6.07, 6.45) is 1.50. The molecule has 0 aliphatic heterocycles. The van der Waals surface area contributed by atoms with Crippen LogP contribution in [0.15, 0.2) is 18.2 Å². The van der Waals surface area contributed by atoms with E-state index in [1.54, 1.807) is 18.2 Å². The van der Waals surface area contributed by atoms with Crippen LogP contribution in [0.5, 0.6) is 23.0 Å². The SMILES string of the molecule is CCCC(C)(C)C(=O)Oc1c(OC)c(OC)c(OC(C)=O)c2c(Cl)cccc12. The molecule has 0 radical (unpaired) electrons. The highest BCUT2D eigenvalue weighted by Crippen LogP contribution is 2.53. The monoisotopic (exact) mass is 408 g/mol. The van der Waals surface area contributed by atoms with E-state index in [1.807, 2.05) is 20.8 Å². The van der Waals surface area contributed by atoms with E-state index in [9.17, 15) is 9.59 Å². The first-order valence-electron chi connectivity index (χ1n) is 8.94. The summed E-state index contributed by atoms with van der Waals surface area (Å²) in [5.74, 6) is -0.405. The molecular weight excluding hydrogens is 384 g/mol. The summed E-state index contributed by atoms with van der Waals surface area (Å²) in [5, 5.41) is 1.19. The molecule has 2 aromatic rings. The first-order chi connectivity index (χ1) is 13.2. The Hall–Kier alpha value is -2.47. The van der Waals surface area contributed by atoms with E-state index in [2.05, 4.69) is 0 Å². The lowest BCUT2D eigenvalue weighted by Gasteiger charge is -2.24. The largest absolute Gasteiger partial charge is 0.490 e. The number of fused-ring (bicyclic) bond motifs is 1. The average molecular weight is 409 g/mol. The van der Waals surface area contributed by atoms with Crippen molar-refractivity contribution in [3.8, 4) is 23.0 Å². The molecule has 6 nitrogen and oxygen atoms in total. The Morgan fingerprint density at radius 1 is 1.00 bits per heavy atom. The number of hydrogen-bond donors (Lipinski definition) is 0. The number of hydrogen-bond acceptors (Lipinski definition) is 6. The van der Waals surface area contributed by atoms with Crippen molar-refractivity contribution in [2.45, 2.75) is 40.5 Å². The number of ether oxygens (including phenoxy) is 4. The van der Waals surface area contributed by atoms with Crippen molar-refractivity contribution in [3.05, 3.63) is 23.2 Å². The van der Waals surface area contributed by atoms with Crippen LogP contribution in [0.1, 0.15) is 40.5 Å². The van der Waals surface area contributed by atoms with E-state index in [-0.39, 0.29) is 23.0 Å². The van der Waals surface area contributed by atoms with Crippen LogP contribution in [0, 0.1) is 5.41 Å². The van der Waals surface area contributed by atoms with Gasteiger partial charge in [-0.3, -0.25) is 9.59 Å². The lowest BCUT2D eigenvalue weighted by Crippen LogP contribution is -2.29. The highest BCUT2D eigenvalue weighted by atomic mass is 35.5. The first kappa shape index (κ1) is 21.8. The van der Waals surface area contributed by atoms with Gasteiger partial charge < -0.3 is 18.9 Å². The number of benzene rings is 2. The van der Waals surface area contributed by atoms with Crippen molar-refractivity contribution in [1.82, 2.24) is 0 Å². The third-order valence-electron chi connectivity index (χ3n) is 4.38. The van der Waals surface area contributed by atoms with Gasteiger partial charge in [0.1, 0.15) is 0 Å². The molecule has 0 fully saturated rings. The van der Waals surface area contributed by atoms with E-state index in [0.29, 0.717) is 22.2 Å². The second-order valence-corrected chi connectivity index (χ2v) is 7.41. The molecule has 0 saturated carbocycles. The maximum Gasteiger partial charge on any atom is 0.317 e. The van der Waals surface area contributed by atoms with Crippen molar-refractivity contribution in [3.63, 3.8) is 0 Å². The fraction of sp³-hybridized carbons (Fsp3) is 0.429. The molecule has 28 heavy (non-hydrogen) atoms. The molecule has 0 amide bonds. The Labute approximate surface area is 169 Å². The van der Waals surface area contributed by atoms with Gasteiger partial charge in [0.2, 0.25) is 11.5 Å². The number of methoxy groups -OCH3 is 2. The molecule has 2 rings (SSSR count). The summed E-state index contributed by atoms with van der Waals surface area (Å²) < 4.78 is 22.1. The number of esters is 2. The Morgan fingerprint density at radius 3 is 2.14 bits per heavy atom. The van der Waals surface area contributed by atoms with E-state index < -0.39 is 17.4 Å². The Bertz CT molecular complexity index is 904. The smallest absolute Gasteiger partial charge is 0.317 e. The van der Waals surface area contributed by atoms with Crippen LogP contribution in [0.2, 0.25) is 5.02 Å². The second-order valence-electron chi connectivity index (χ2n) is 7.00. The van der Waals surface area contributed by atoms with Crippen molar-refractivity contribution >= 4 is 34.3 Å². The number of carbonyl (C=O) groups excluding carboxylic acids is 2. The van der Waals surface area contributed by atoms with E-state index >= 15 is 0 Å². The van der Waals surface area contributed by atoms with Gasteiger partial charge in [0, 0.05) is 12.3 Å².